The number of nitrogens with one attached hydrogen (secondary N) is 2. The normalized spacial score (nSPS) is 9.41. The molecule has 0 saturated carbocycles. The molecule has 7 nitrogen and oxygen atoms in total. The minimum absolute atomic E-state index is 0.515. The fourth-order valence-corrected chi connectivity index (χ4v) is 1.34. The van der Waals surface area contributed by atoms with Crippen LogP contribution in [0.25, 0.3) is 0 Å². The predicted octanol–water partition coefficient (Wildman–Crippen LogP) is 1.32. The van der Waals surface area contributed by atoms with Crippen molar-refractivity contribution in [3.63, 3.8) is 0 Å². The highest BCUT2D eigenvalue weighted by molar-refractivity contribution is 7.97. The molecule has 0 bridgehead atoms. The van der Waals surface area contributed by atoms with Crippen LogP contribution in [0.4, 0.5) is 9.59 Å². The van der Waals surface area contributed by atoms with E-state index in [2.05, 4.69) is 9.46 Å². The maximum absolute atomic E-state index is 11.7. The van der Waals surface area contributed by atoms with Gasteiger partial charge in [0.05, 0.1) is 7.11 Å². The van der Waals surface area contributed by atoms with Crippen molar-refractivity contribution in [2.24, 2.45) is 0 Å². The molecule has 0 unspecified atom stereocenters. The first-order chi connectivity index (χ1) is 7.95. The Morgan fingerprint density at radius 2 is 2.00 bits per heavy atom. The van der Waals surface area contributed by atoms with E-state index in [1.165, 1.54) is 38.1 Å². The Labute approximate surface area is 105 Å². The fourth-order valence-electron chi connectivity index (χ4n) is 0.818. The van der Waals surface area contributed by atoms with Gasteiger partial charge < -0.3 is 9.64 Å². The van der Waals surface area contributed by atoms with Crippen molar-refractivity contribution in [3.8, 4) is 0 Å². The van der Waals surface area contributed by atoms with E-state index in [-0.39, 0.29) is 0 Å². The van der Waals surface area contributed by atoms with Crippen molar-refractivity contribution in [1.82, 2.24) is 14.5 Å². The number of imide groups is 1. The van der Waals surface area contributed by atoms with Gasteiger partial charge in [0.2, 0.25) is 0 Å². The van der Waals surface area contributed by atoms with Crippen LogP contribution in [0.3, 0.4) is 0 Å². The zero-order chi connectivity index (χ0) is 13.4. The lowest BCUT2D eigenvalue weighted by Crippen LogP contribution is -2.50. The van der Waals surface area contributed by atoms with E-state index in [4.69, 9.17) is 5.41 Å². The third-order valence-corrected chi connectivity index (χ3v) is 2.57. The molecule has 0 atom stereocenters. The highest BCUT2D eigenvalue weighted by Gasteiger charge is 2.28. The average molecular weight is 262 g/mol. The summed E-state index contributed by atoms with van der Waals surface area (Å²) in [6.45, 7) is 1.97. The van der Waals surface area contributed by atoms with Crippen LogP contribution in [-0.2, 0) is 4.74 Å². The second kappa shape index (κ2) is 7.77. The summed E-state index contributed by atoms with van der Waals surface area (Å²) in [5.74, 6) is 0.732. The molecule has 4 amide bonds. The maximum atomic E-state index is 11.7. The van der Waals surface area contributed by atoms with Gasteiger partial charge in [-0.2, -0.15) is 4.90 Å². The minimum Gasteiger partial charge on any atom is -0.468 e. The number of hydrogen-bond donors (Lipinski definition) is 2. The Morgan fingerprint density at radius 1 is 1.41 bits per heavy atom. The molecule has 0 radical (unpaired) electrons. The van der Waals surface area contributed by atoms with Gasteiger partial charge in [-0.1, -0.05) is 6.92 Å². The lowest BCUT2D eigenvalue weighted by molar-refractivity contribution is 0.180. The first-order valence-electron chi connectivity index (χ1n) is 5.01. The Balaban J connectivity index is 4.63. The van der Waals surface area contributed by atoms with Crippen LogP contribution in [0.2, 0.25) is 0 Å². The number of methoxy groups -OCH3 is 1. The molecule has 0 aromatic rings. The topological polar surface area (TPSA) is 85.7 Å². The number of carbonyl (C=O) groups excluding carboxylic acids is 2. The number of rotatable bonds is 3. The summed E-state index contributed by atoms with van der Waals surface area (Å²) in [6, 6.07) is -1.83. The van der Waals surface area contributed by atoms with E-state index in [1.807, 2.05) is 6.92 Å². The number of amidine groups is 1. The van der Waals surface area contributed by atoms with Crippen molar-refractivity contribution < 1.29 is 14.3 Å². The van der Waals surface area contributed by atoms with Gasteiger partial charge in [-0.25, -0.2) is 9.59 Å². The van der Waals surface area contributed by atoms with Gasteiger partial charge in [0.15, 0.2) is 0 Å². The van der Waals surface area contributed by atoms with E-state index in [0.29, 0.717) is 4.90 Å². The van der Waals surface area contributed by atoms with Crippen LogP contribution in [-0.4, -0.2) is 54.8 Å². The molecule has 0 aliphatic carbocycles. The largest absolute Gasteiger partial charge is 0.468 e. The summed E-state index contributed by atoms with van der Waals surface area (Å²) in [4.78, 5) is 25.2. The van der Waals surface area contributed by atoms with Gasteiger partial charge in [0.1, 0.15) is 0 Å². The molecule has 8 heteroatoms. The van der Waals surface area contributed by atoms with Gasteiger partial charge in [-0.05, 0) is 18.4 Å². The third kappa shape index (κ3) is 4.94. The molecule has 0 saturated heterocycles. The summed E-state index contributed by atoms with van der Waals surface area (Å²) in [5, 5.41) is 7.42. The minimum atomic E-state index is -0.686. The number of ether oxygens (including phenoxy) is 1. The highest BCUT2D eigenvalue weighted by Crippen LogP contribution is 2.03. The van der Waals surface area contributed by atoms with Crippen LogP contribution < -0.4 is 4.72 Å². The van der Waals surface area contributed by atoms with E-state index < -0.39 is 18.1 Å². The lowest BCUT2D eigenvalue weighted by atomic mass is 10.6. The number of amides is 4. The zero-order valence-corrected chi connectivity index (χ0v) is 11.3. The van der Waals surface area contributed by atoms with Gasteiger partial charge in [-0.15, -0.1) is 0 Å². The molecule has 0 spiro atoms. The molecule has 0 heterocycles. The van der Waals surface area contributed by atoms with Crippen LogP contribution in [0.5, 0.6) is 0 Å². The molecule has 0 fully saturated rings. The first kappa shape index (κ1) is 15.6. The monoisotopic (exact) mass is 262 g/mol. The molecule has 0 aromatic carbocycles. The van der Waals surface area contributed by atoms with Crippen LogP contribution in [0.15, 0.2) is 0 Å². The second-order valence-corrected chi connectivity index (χ2v) is 4.18. The third-order valence-electron chi connectivity index (χ3n) is 1.64. The standard InChI is InChI=1S/C9H18N4O3S/c1-5-6-17-11-8(14)13(7(10)16-4)9(15)12(2)3/h10H,5-6H2,1-4H3,(H,11,14). The number of nitrogens with zero attached hydrogens (tertiary/aromatic N) is 2. The summed E-state index contributed by atoms with van der Waals surface area (Å²) < 4.78 is 7.07. The molecule has 2 N–H and O–H groups in total. The molecular formula is C9H18N4O3S. The Bertz CT molecular complexity index is 296. The molecular weight excluding hydrogens is 244 g/mol. The SMILES string of the molecule is CCCSNC(=O)N(C(=N)OC)C(=O)N(C)C. The van der Waals surface area contributed by atoms with Crippen molar-refractivity contribution in [3.05, 3.63) is 0 Å². The van der Waals surface area contributed by atoms with Crippen LogP contribution in [0.1, 0.15) is 13.3 Å². The number of carbonyl (C=O) groups is 2. The van der Waals surface area contributed by atoms with E-state index in [1.54, 1.807) is 0 Å². The summed E-state index contributed by atoms with van der Waals surface area (Å²) in [7, 11) is 4.21. The van der Waals surface area contributed by atoms with Crippen molar-refractivity contribution in [2.45, 2.75) is 13.3 Å². The zero-order valence-electron chi connectivity index (χ0n) is 10.4. The average Bonchev–Trinajstić information content (AvgIpc) is 2.29. The fraction of sp³-hybridized carbons (Fsp3) is 0.667. The predicted molar refractivity (Wildman–Crippen MR) is 66.9 cm³/mol. The molecule has 0 rings (SSSR count). The second-order valence-electron chi connectivity index (χ2n) is 3.28. The van der Waals surface area contributed by atoms with E-state index >= 15 is 0 Å². The summed E-state index contributed by atoms with van der Waals surface area (Å²) >= 11 is 1.18. The van der Waals surface area contributed by atoms with Crippen molar-refractivity contribution >= 4 is 30.0 Å². The van der Waals surface area contributed by atoms with Crippen molar-refractivity contribution in [2.75, 3.05) is 27.0 Å². The van der Waals surface area contributed by atoms with Gasteiger partial charge in [0, 0.05) is 19.8 Å². The summed E-state index contributed by atoms with van der Waals surface area (Å²) in [5.41, 5.74) is 0. The molecule has 0 aliphatic rings. The lowest BCUT2D eigenvalue weighted by Gasteiger charge is -2.23. The molecule has 17 heavy (non-hydrogen) atoms. The highest BCUT2D eigenvalue weighted by atomic mass is 32.2. The smallest absolute Gasteiger partial charge is 0.343 e. The van der Waals surface area contributed by atoms with Crippen molar-refractivity contribution in [1.29, 1.82) is 5.41 Å². The van der Waals surface area contributed by atoms with E-state index in [9.17, 15) is 9.59 Å². The number of hydrogen-bond acceptors (Lipinski definition) is 5. The Kier molecular flexibility index (Phi) is 7.11. The van der Waals surface area contributed by atoms with Crippen LogP contribution in [0, 0.1) is 5.41 Å². The number of urea groups is 2. The van der Waals surface area contributed by atoms with E-state index in [0.717, 1.165) is 12.2 Å². The van der Waals surface area contributed by atoms with Gasteiger partial charge in [-0.3, -0.25) is 10.1 Å². The van der Waals surface area contributed by atoms with Gasteiger partial charge in [0.25, 0.3) is 0 Å². The molecule has 98 valence electrons. The molecule has 0 aliphatic heterocycles. The van der Waals surface area contributed by atoms with Crippen LogP contribution >= 0.6 is 11.9 Å². The summed E-state index contributed by atoms with van der Waals surface area (Å²) in [6.07, 6.45) is 0.897. The quantitative estimate of drug-likeness (QED) is 0.347. The Morgan fingerprint density at radius 3 is 2.41 bits per heavy atom. The maximum Gasteiger partial charge on any atom is 0.343 e. The first-order valence-corrected chi connectivity index (χ1v) is 5.99. The molecule has 0 aromatic heterocycles. The van der Waals surface area contributed by atoms with Gasteiger partial charge >= 0.3 is 18.1 Å². The Hall–Kier alpha value is -1.44.